The van der Waals surface area contributed by atoms with Gasteiger partial charge in [0, 0.05) is 55.4 Å². The number of benzene rings is 2. The van der Waals surface area contributed by atoms with E-state index in [-0.39, 0.29) is 11.7 Å². The van der Waals surface area contributed by atoms with E-state index in [1.54, 1.807) is 12.1 Å². The fraction of sp³-hybridized carbons (Fsp3) is 0.296. The van der Waals surface area contributed by atoms with Gasteiger partial charge in [0.15, 0.2) is 0 Å². The minimum atomic E-state index is -0.244. The van der Waals surface area contributed by atoms with Crippen LogP contribution in [0.5, 0.6) is 0 Å². The van der Waals surface area contributed by atoms with Crippen molar-refractivity contribution in [3.8, 4) is 11.1 Å². The van der Waals surface area contributed by atoms with Crippen molar-refractivity contribution in [1.29, 1.82) is 0 Å². The highest BCUT2D eigenvalue weighted by Gasteiger charge is 2.23. The van der Waals surface area contributed by atoms with Crippen LogP contribution in [0.1, 0.15) is 22.5 Å². The van der Waals surface area contributed by atoms with E-state index in [1.165, 1.54) is 6.07 Å². The molecular formula is C27H29FN4O. The minimum Gasteiger partial charge on any atom is -0.380 e. The molecule has 3 aromatic rings. The Labute approximate surface area is 193 Å². The summed E-state index contributed by atoms with van der Waals surface area (Å²) in [6.45, 7) is 6.10. The molecule has 0 atom stereocenters. The molecule has 1 saturated heterocycles. The minimum absolute atomic E-state index is 0.173. The molecule has 5 nitrogen and oxygen atoms in total. The van der Waals surface area contributed by atoms with E-state index in [1.807, 2.05) is 30.0 Å². The second kappa shape index (κ2) is 8.87. The Balaban J connectivity index is 1.46. The molecule has 6 heteroatoms. The Kier molecular flexibility index (Phi) is 5.77. The predicted molar refractivity (Wildman–Crippen MR) is 132 cm³/mol. The zero-order chi connectivity index (χ0) is 22.9. The molecule has 2 aliphatic heterocycles. The summed E-state index contributed by atoms with van der Waals surface area (Å²) in [6, 6.07) is 14.9. The topological polar surface area (TPSA) is 51.4 Å². The van der Waals surface area contributed by atoms with E-state index in [2.05, 4.69) is 40.5 Å². The van der Waals surface area contributed by atoms with E-state index in [0.717, 1.165) is 71.1 Å². The van der Waals surface area contributed by atoms with Crippen molar-refractivity contribution in [1.82, 2.24) is 14.8 Å². The average molecular weight is 445 g/mol. The number of anilines is 1. The van der Waals surface area contributed by atoms with Crippen molar-refractivity contribution in [2.24, 2.45) is 0 Å². The molecule has 0 aliphatic carbocycles. The molecule has 0 radical (unpaired) electrons. The number of likely N-dealkylation sites (N-methyl/N-ethyl adjacent to an activating group) is 1. The van der Waals surface area contributed by atoms with Crippen molar-refractivity contribution < 1.29 is 9.18 Å². The molecule has 170 valence electrons. The highest BCUT2D eigenvalue weighted by molar-refractivity contribution is 5.99. The number of carbonyl (C=O) groups excluding carboxylic acids is 1. The maximum Gasteiger partial charge on any atom is 0.227 e. The van der Waals surface area contributed by atoms with E-state index in [9.17, 15) is 9.18 Å². The molecule has 1 fully saturated rings. The monoisotopic (exact) mass is 444 g/mol. The molecule has 2 aliphatic rings. The Morgan fingerprint density at radius 3 is 2.67 bits per heavy atom. The smallest absolute Gasteiger partial charge is 0.227 e. The zero-order valence-electron chi connectivity index (χ0n) is 19.1. The lowest BCUT2D eigenvalue weighted by molar-refractivity contribution is -0.132. The summed E-state index contributed by atoms with van der Waals surface area (Å²) in [5, 5.41) is 3.46. The highest BCUT2D eigenvalue weighted by atomic mass is 19.1. The second-order valence-corrected chi connectivity index (χ2v) is 9.01. The molecule has 0 unspecified atom stereocenters. The van der Waals surface area contributed by atoms with Gasteiger partial charge in [-0.05, 0) is 66.6 Å². The fourth-order valence-corrected chi connectivity index (χ4v) is 4.79. The summed E-state index contributed by atoms with van der Waals surface area (Å²) < 4.78 is 13.9. The number of rotatable bonds is 4. The van der Waals surface area contributed by atoms with Crippen molar-refractivity contribution in [2.75, 3.05) is 45.1 Å². The van der Waals surface area contributed by atoms with Gasteiger partial charge in [-0.25, -0.2) is 4.39 Å². The Bertz CT molecular complexity index is 1220. The predicted octanol–water partition coefficient (Wildman–Crippen LogP) is 4.41. The fourth-order valence-electron chi connectivity index (χ4n) is 4.79. The molecule has 0 saturated carbocycles. The van der Waals surface area contributed by atoms with E-state index in [0.29, 0.717) is 13.0 Å². The quantitative estimate of drug-likeness (QED) is 0.627. The van der Waals surface area contributed by atoms with Crippen LogP contribution in [0.2, 0.25) is 0 Å². The Morgan fingerprint density at radius 2 is 1.88 bits per heavy atom. The van der Waals surface area contributed by atoms with Crippen LogP contribution >= 0.6 is 0 Å². The number of nitrogens with one attached hydrogen (secondary N) is 2. The van der Waals surface area contributed by atoms with Gasteiger partial charge >= 0.3 is 0 Å². The first-order chi connectivity index (χ1) is 16.0. The number of aromatic amines is 1. The van der Waals surface area contributed by atoms with Crippen molar-refractivity contribution in [2.45, 2.75) is 13.3 Å². The van der Waals surface area contributed by atoms with Crippen LogP contribution < -0.4 is 5.32 Å². The first-order valence-corrected chi connectivity index (χ1v) is 11.5. The summed E-state index contributed by atoms with van der Waals surface area (Å²) >= 11 is 0. The van der Waals surface area contributed by atoms with Gasteiger partial charge in [-0.2, -0.15) is 0 Å². The van der Waals surface area contributed by atoms with Gasteiger partial charge in [0.25, 0.3) is 0 Å². The molecule has 2 N–H and O–H groups in total. The van der Waals surface area contributed by atoms with Gasteiger partial charge in [0.05, 0.1) is 6.42 Å². The van der Waals surface area contributed by atoms with Crippen LogP contribution in [-0.4, -0.2) is 60.5 Å². The average Bonchev–Trinajstić information content (AvgIpc) is 3.37. The molecular weight excluding hydrogens is 415 g/mol. The van der Waals surface area contributed by atoms with Gasteiger partial charge < -0.3 is 20.1 Å². The number of amides is 1. The molecule has 5 rings (SSSR count). The molecule has 3 heterocycles. The number of piperazine rings is 1. The molecule has 33 heavy (non-hydrogen) atoms. The number of nitrogens with zero attached hydrogens (tertiary/aromatic N) is 2. The van der Waals surface area contributed by atoms with Crippen LogP contribution in [0.25, 0.3) is 22.8 Å². The molecule has 2 aromatic carbocycles. The highest BCUT2D eigenvalue weighted by Crippen LogP contribution is 2.40. The zero-order valence-corrected chi connectivity index (χ0v) is 19.1. The molecule has 1 aromatic heterocycles. The number of aryl methyl sites for hydroxylation is 1. The third-order valence-corrected chi connectivity index (χ3v) is 6.58. The summed E-state index contributed by atoms with van der Waals surface area (Å²) in [4.78, 5) is 20.6. The van der Waals surface area contributed by atoms with Gasteiger partial charge in [0.2, 0.25) is 5.91 Å². The maximum absolute atomic E-state index is 13.9. The van der Waals surface area contributed by atoms with Crippen LogP contribution in [0, 0.1) is 12.7 Å². The van der Waals surface area contributed by atoms with Crippen LogP contribution in [-0.2, 0) is 11.2 Å². The van der Waals surface area contributed by atoms with Crippen molar-refractivity contribution in [3.05, 3.63) is 76.9 Å². The molecule has 0 spiro atoms. The van der Waals surface area contributed by atoms with E-state index < -0.39 is 0 Å². The maximum atomic E-state index is 13.9. The first-order valence-electron chi connectivity index (χ1n) is 11.5. The summed E-state index contributed by atoms with van der Waals surface area (Å²) in [5.74, 6) is -0.0709. The van der Waals surface area contributed by atoms with Crippen LogP contribution in [0.4, 0.5) is 10.1 Å². The van der Waals surface area contributed by atoms with Crippen molar-refractivity contribution in [3.63, 3.8) is 0 Å². The lowest BCUT2D eigenvalue weighted by Crippen LogP contribution is -2.47. The standard InChI is InChI=1S/C27H29FN4O/c1-18-13-20(16-26(33)32-11-9-31(2)10-12-32)25(30-18)15-21-17-29-24-8-4-7-23(27(21)24)19-5-3-6-22(28)14-19/h3-8,13-15,29-30H,9-12,16-17H2,1-2H3. The third-order valence-electron chi connectivity index (χ3n) is 6.58. The number of hydrogen-bond donors (Lipinski definition) is 2. The summed E-state index contributed by atoms with van der Waals surface area (Å²) in [5.41, 5.74) is 8.13. The summed E-state index contributed by atoms with van der Waals surface area (Å²) in [6.07, 6.45) is 2.53. The largest absolute Gasteiger partial charge is 0.380 e. The Hall–Kier alpha value is -3.38. The van der Waals surface area contributed by atoms with Crippen LogP contribution in [0.15, 0.2) is 48.5 Å². The first kappa shape index (κ1) is 21.5. The van der Waals surface area contributed by atoms with E-state index >= 15 is 0 Å². The number of halogens is 1. The number of fused-ring (bicyclic) bond motifs is 1. The lowest BCUT2D eigenvalue weighted by atomic mass is 9.94. The number of carbonyl (C=O) groups is 1. The normalized spacial score (nSPS) is 17.3. The van der Waals surface area contributed by atoms with Gasteiger partial charge in [-0.15, -0.1) is 0 Å². The van der Waals surface area contributed by atoms with Crippen molar-refractivity contribution >= 4 is 23.2 Å². The second-order valence-electron chi connectivity index (χ2n) is 9.01. The third kappa shape index (κ3) is 4.44. The lowest BCUT2D eigenvalue weighted by Gasteiger charge is -2.32. The van der Waals surface area contributed by atoms with Crippen LogP contribution in [0.3, 0.4) is 0 Å². The molecule has 0 bridgehead atoms. The van der Waals surface area contributed by atoms with Gasteiger partial charge in [-0.1, -0.05) is 24.3 Å². The summed E-state index contributed by atoms with van der Waals surface area (Å²) in [7, 11) is 2.09. The van der Waals surface area contributed by atoms with E-state index in [4.69, 9.17) is 0 Å². The molecule has 1 amide bonds. The van der Waals surface area contributed by atoms with Gasteiger partial charge in [0.1, 0.15) is 5.82 Å². The van der Waals surface area contributed by atoms with Gasteiger partial charge in [-0.3, -0.25) is 4.79 Å². The number of hydrogen-bond acceptors (Lipinski definition) is 3. The number of aromatic nitrogens is 1. The SMILES string of the molecule is Cc1cc(CC(=O)N2CCN(C)CC2)c(C=C2CNc3cccc(-c4cccc(F)c4)c32)[nH]1. The number of H-pyrrole nitrogens is 1. The Morgan fingerprint density at radius 1 is 1.09 bits per heavy atom.